The van der Waals surface area contributed by atoms with Crippen LogP contribution in [0.4, 0.5) is 0 Å². The van der Waals surface area contributed by atoms with E-state index in [0.717, 1.165) is 14.2 Å². The SMILES string of the molecule is N[C@H](c1cccc(I)c1Cl)C1CC1. The molecule has 0 amide bonds. The van der Waals surface area contributed by atoms with Crippen LogP contribution in [-0.4, -0.2) is 0 Å². The molecule has 1 nitrogen and oxygen atoms in total. The van der Waals surface area contributed by atoms with Gasteiger partial charge in [0, 0.05) is 9.61 Å². The first-order chi connectivity index (χ1) is 6.20. The summed E-state index contributed by atoms with van der Waals surface area (Å²) in [5, 5.41) is 0.836. The van der Waals surface area contributed by atoms with Gasteiger partial charge in [-0.15, -0.1) is 0 Å². The smallest absolute Gasteiger partial charge is 0.0587 e. The van der Waals surface area contributed by atoms with Crippen LogP contribution in [0.5, 0.6) is 0 Å². The number of halogens is 2. The van der Waals surface area contributed by atoms with Crippen molar-refractivity contribution in [3.8, 4) is 0 Å². The molecule has 2 N–H and O–H groups in total. The molecule has 70 valence electrons. The van der Waals surface area contributed by atoms with Crippen molar-refractivity contribution in [2.75, 3.05) is 0 Å². The zero-order chi connectivity index (χ0) is 9.42. The molecule has 3 heteroatoms. The summed E-state index contributed by atoms with van der Waals surface area (Å²) in [6.07, 6.45) is 2.51. The fourth-order valence-electron chi connectivity index (χ4n) is 1.49. The topological polar surface area (TPSA) is 26.0 Å². The first kappa shape index (κ1) is 9.74. The highest BCUT2D eigenvalue weighted by atomic mass is 127. The molecule has 2 rings (SSSR count). The minimum absolute atomic E-state index is 0.141. The predicted molar refractivity (Wildman–Crippen MR) is 63.8 cm³/mol. The third kappa shape index (κ3) is 2.00. The summed E-state index contributed by atoms with van der Waals surface area (Å²) in [4.78, 5) is 0. The molecule has 0 unspecified atom stereocenters. The molecule has 1 fully saturated rings. The van der Waals surface area contributed by atoms with Gasteiger partial charge >= 0.3 is 0 Å². The van der Waals surface area contributed by atoms with Gasteiger partial charge in [-0.1, -0.05) is 23.7 Å². The van der Waals surface area contributed by atoms with Crippen LogP contribution in [-0.2, 0) is 0 Å². The molecule has 0 aromatic heterocycles. The van der Waals surface area contributed by atoms with Crippen molar-refractivity contribution in [2.24, 2.45) is 11.7 Å². The van der Waals surface area contributed by atoms with Gasteiger partial charge in [0.25, 0.3) is 0 Å². The molecule has 0 spiro atoms. The number of nitrogens with two attached hydrogens (primary N) is 1. The Hall–Kier alpha value is 0.200. The molecule has 0 bridgehead atoms. The van der Waals surface area contributed by atoms with Gasteiger partial charge in [0.2, 0.25) is 0 Å². The van der Waals surface area contributed by atoms with Crippen LogP contribution in [0, 0.1) is 9.49 Å². The lowest BCUT2D eigenvalue weighted by Gasteiger charge is -2.13. The molecule has 1 aromatic rings. The number of hydrogen-bond acceptors (Lipinski definition) is 1. The van der Waals surface area contributed by atoms with Crippen molar-refractivity contribution >= 4 is 34.2 Å². The Morgan fingerprint density at radius 2 is 2.15 bits per heavy atom. The van der Waals surface area contributed by atoms with Crippen LogP contribution >= 0.6 is 34.2 Å². The molecule has 0 heterocycles. The van der Waals surface area contributed by atoms with Crippen LogP contribution < -0.4 is 5.73 Å². The highest BCUT2D eigenvalue weighted by Gasteiger charge is 2.30. The van der Waals surface area contributed by atoms with Crippen LogP contribution in [0.25, 0.3) is 0 Å². The van der Waals surface area contributed by atoms with Crippen molar-refractivity contribution < 1.29 is 0 Å². The fourth-order valence-corrected chi connectivity index (χ4v) is 2.26. The Kier molecular flexibility index (Phi) is 2.81. The van der Waals surface area contributed by atoms with Crippen LogP contribution in [0.3, 0.4) is 0 Å². The van der Waals surface area contributed by atoms with Crippen molar-refractivity contribution in [1.29, 1.82) is 0 Å². The van der Waals surface area contributed by atoms with Gasteiger partial charge in [0.15, 0.2) is 0 Å². The average Bonchev–Trinajstić information content (AvgIpc) is 2.91. The number of rotatable bonds is 2. The maximum atomic E-state index is 6.17. The number of benzene rings is 1. The zero-order valence-electron chi connectivity index (χ0n) is 7.13. The van der Waals surface area contributed by atoms with Crippen molar-refractivity contribution in [2.45, 2.75) is 18.9 Å². The summed E-state index contributed by atoms with van der Waals surface area (Å²) in [7, 11) is 0. The molecule has 1 aliphatic rings. The average molecular weight is 308 g/mol. The first-order valence-corrected chi connectivity index (χ1v) is 5.85. The summed E-state index contributed by atoms with van der Waals surface area (Å²) in [5.74, 6) is 0.663. The fraction of sp³-hybridized carbons (Fsp3) is 0.400. The lowest BCUT2D eigenvalue weighted by Crippen LogP contribution is -2.13. The number of hydrogen-bond donors (Lipinski definition) is 1. The minimum atomic E-state index is 0.141. The molecular formula is C10H11ClIN. The van der Waals surface area contributed by atoms with E-state index < -0.39 is 0 Å². The summed E-state index contributed by atoms with van der Waals surface area (Å²) < 4.78 is 1.09. The quantitative estimate of drug-likeness (QED) is 0.833. The molecule has 0 saturated heterocycles. The van der Waals surface area contributed by atoms with E-state index in [1.54, 1.807) is 0 Å². The second-order valence-corrected chi connectivity index (χ2v) is 5.05. The molecule has 13 heavy (non-hydrogen) atoms. The van der Waals surface area contributed by atoms with Crippen LogP contribution in [0.15, 0.2) is 18.2 Å². The van der Waals surface area contributed by atoms with Crippen molar-refractivity contribution in [3.05, 3.63) is 32.4 Å². The summed E-state index contributed by atoms with van der Waals surface area (Å²) in [6, 6.07) is 6.20. The van der Waals surface area contributed by atoms with Crippen LogP contribution in [0.1, 0.15) is 24.4 Å². The predicted octanol–water partition coefficient (Wildman–Crippen LogP) is 3.35. The Balaban J connectivity index is 2.32. The summed E-state index contributed by atoms with van der Waals surface area (Å²) >= 11 is 8.41. The van der Waals surface area contributed by atoms with Gasteiger partial charge in [-0.2, -0.15) is 0 Å². The van der Waals surface area contributed by atoms with E-state index in [2.05, 4.69) is 22.6 Å². The molecule has 0 radical (unpaired) electrons. The normalized spacial score (nSPS) is 18.7. The molecule has 1 atom stereocenters. The third-order valence-corrected chi connectivity index (χ3v) is 4.11. The Bertz CT molecular complexity index is 323. The largest absolute Gasteiger partial charge is 0.324 e. The molecule has 1 aliphatic carbocycles. The maximum absolute atomic E-state index is 6.17. The van der Waals surface area contributed by atoms with Crippen LogP contribution in [0.2, 0.25) is 5.02 Å². The minimum Gasteiger partial charge on any atom is -0.324 e. The molecular weight excluding hydrogens is 296 g/mol. The molecule has 0 aliphatic heterocycles. The second kappa shape index (κ2) is 3.75. The highest BCUT2D eigenvalue weighted by Crippen LogP contribution is 2.41. The van der Waals surface area contributed by atoms with Gasteiger partial charge in [-0.05, 0) is 53.0 Å². The van der Waals surface area contributed by atoms with E-state index >= 15 is 0 Å². The highest BCUT2D eigenvalue weighted by molar-refractivity contribution is 14.1. The van der Waals surface area contributed by atoms with Crippen molar-refractivity contribution in [1.82, 2.24) is 0 Å². The van der Waals surface area contributed by atoms with Crippen molar-refractivity contribution in [3.63, 3.8) is 0 Å². The van der Waals surface area contributed by atoms with Gasteiger partial charge in [0.05, 0.1) is 5.02 Å². The molecule has 1 aromatic carbocycles. The third-order valence-electron chi connectivity index (χ3n) is 2.47. The van der Waals surface area contributed by atoms with Gasteiger partial charge < -0.3 is 5.73 Å². The summed E-state index contributed by atoms with van der Waals surface area (Å²) in [6.45, 7) is 0. The van der Waals surface area contributed by atoms with E-state index in [1.165, 1.54) is 12.8 Å². The van der Waals surface area contributed by atoms with E-state index in [1.807, 2.05) is 18.2 Å². The first-order valence-electron chi connectivity index (χ1n) is 4.39. The standard InChI is InChI=1S/C10H11ClIN/c11-9-7(2-1-3-8(9)12)10(13)6-4-5-6/h1-3,6,10H,4-5,13H2/t10-/m0/s1. The maximum Gasteiger partial charge on any atom is 0.0587 e. The van der Waals surface area contributed by atoms with E-state index in [-0.39, 0.29) is 6.04 Å². The van der Waals surface area contributed by atoms with E-state index in [0.29, 0.717) is 5.92 Å². The van der Waals surface area contributed by atoms with E-state index in [9.17, 15) is 0 Å². The van der Waals surface area contributed by atoms with Gasteiger partial charge in [-0.3, -0.25) is 0 Å². The monoisotopic (exact) mass is 307 g/mol. The van der Waals surface area contributed by atoms with Gasteiger partial charge in [0.1, 0.15) is 0 Å². The van der Waals surface area contributed by atoms with E-state index in [4.69, 9.17) is 17.3 Å². The Labute approximate surface area is 96.8 Å². The Morgan fingerprint density at radius 1 is 1.46 bits per heavy atom. The zero-order valence-corrected chi connectivity index (χ0v) is 10.0. The lowest BCUT2D eigenvalue weighted by molar-refractivity contribution is 0.633. The Morgan fingerprint density at radius 3 is 2.77 bits per heavy atom. The second-order valence-electron chi connectivity index (χ2n) is 3.51. The van der Waals surface area contributed by atoms with Gasteiger partial charge in [-0.25, -0.2) is 0 Å². The summed E-state index contributed by atoms with van der Waals surface area (Å²) in [5.41, 5.74) is 7.19. The lowest BCUT2D eigenvalue weighted by atomic mass is 10.0. The molecule has 1 saturated carbocycles.